The SMILES string of the molecule is CCCCCCCC/C=C/CCCCCCCCCCCCC(O)C(=O)NC(COC1OC(CO)C(O)C(O)C1OC(=O)CCCCCCCCC/C=C/CCCCCCCC)C(O)/C=C/CCCCCCCCCCCCC. The molecule has 0 aliphatic carbocycles. The number of ether oxygens (including phenoxy) is 3. The molecule has 0 aromatic heterocycles. The van der Waals surface area contributed by atoms with Crippen LogP contribution in [0.25, 0.3) is 0 Å². The fraction of sp³-hybridized carbons (Fsp3) is 0.882. The van der Waals surface area contributed by atoms with Crippen molar-refractivity contribution in [2.75, 3.05) is 13.2 Å². The maximum Gasteiger partial charge on any atom is 0.306 e. The first-order valence-corrected chi connectivity index (χ1v) is 33.8. The first kappa shape index (κ1) is 74.9. The summed E-state index contributed by atoms with van der Waals surface area (Å²) >= 11 is 0. The molecule has 79 heavy (non-hydrogen) atoms. The molecule has 6 N–H and O–H groups in total. The zero-order valence-corrected chi connectivity index (χ0v) is 51.5. The highest BCUT2D eigenvalue weighted by molar-refractivity contribution is 5.80. The van der Waals surface area contributed by atoms with Gasteiger partial charge in [-0.2, -0.15) is 0 Å². The topological polar surface area (TPSA) is 175 Å². The van der Waals surface area contributed by atoms with E-state index in [0.717, 1.165) is 70.6 Å². The van der Waals surface area contributed by atoms with E-state index in [1.165, 1.54) is 205 Å². The maximum atomic E-state index is 13.5. The fourth-order valence-electron chi connectivity index (χ4n) is 10.6. The van der Waals surface area contributed by atoms with Crippen LogP contribution in [0.5, 0.6) is 0 Å². The zero-order valence-electron chi connectivity index (χ0n) is 51.5. The molecular weight excluding hydrogens is 991 g/mol. The fourth-order valence-corrected chi connectivity index (χ4v) is 10.6. The Balaban J connectivity index is 2.64. The van der Waals surface area contributed by atoms with Crippen LogP contribution in [-0.2, 0) is 23.8 Å². The van der Waals surface area contributed by atoms with Gasteiger partial charge in [0.1, 0.15) is 24.4 Å². The Bertz CT molecular complexity index is 1420. The number of aliphatic hydroxyl groups is 5. The van der Waals surface area contributed by atoms with Gasteiger partial charge in [-0.15, -0.1) is 0 Å². The van der Waals surface area contributed by atoms with E-state index in [1.54, 1.807) is 6.08 Å². The predicted octanol–water partition coefficient (Wildman–Crippen LogP) is 16.6. The van der Waals surface area contributed by atoms with Gasteiger partial charge in [-0.3, -0.25) is 9.59 Å². The minimum atomic E-state index is -1.61. The molecule has 0 aromatic carbocycles. The normalized spacial score (nSPS) is 19.0. The van der Waals surface area contributed by atoms with Crippen LogP contribution in [-0.4, -0.2) is 99.6 Å². The van der Waals surface area contributed by atoms with E-state index in [9.17, 15) is 35.1 Å². The summed E-state index contributed by atoms with van der Waals surface area (Å²) in [6.45, 7) is 5.82. The molecule has 0 spiro atoms. The average Bonchev–Trinajstić information content (AvgIpc) is 3.49. The van der Waals surface area contributed by atoms with E-state index in [1.807, 2.05) is 6.08 Å². The number of unbranched alkanes of at least 4 members (excludes halogenated alkanes) is 40. The number of rotatable bonds is 58. The van der Waals surface area contributed by atoms with E-state index in [4.69, 9.17) is 14.2 Å². The number of hydrogen-bond donors (Lipinski definition) is 6. The number of carbonyl (C=O) groups is 2. The summed E-state index contributed by atoms with van der Waals surface area (Å²) in [7, 11) is 0. The Kier molecular flexibility index (Phi) is 53.4. The quantitative estimate of drug-likeness (QED) is 0.0195. The Hall–Kier alpha value is -2.12. The molecule has 1 aliphatic heterocycles. The van der Waals surface area contributed by atoms with Crippen molar-refractivity contribution in [3.05, 3.63) is 36.5 Å². The van der Waals surface area contributed by atoms with Crippen LogP contribution in [0, 0.1) is 0 Å². The largest absolute Gasteiger partial charge is 0.454 e. The molecule has 0 radical (unpaired) electrons. The average molecular weight is 1120 g/mol. The van der Waals surface area contributed by atoms with Crippen LogP contribution in [0.2, 0.25) is 0 Å². The van der Waals surface area contributed by atoms with Crippen molar-refractivity contribution in [3.63, 3.8) is 0 Å². The van der Waals surface area contributed by atoms with Crippen molar-refractivity contribution < 1.29 is 49.3 Å². The van der Waals surface area contributed by atoms with Crippen molar-refractivity contribution in [1.82, 2.24) is 5.32 Å². The molecule has 11 heteroatoms. The maximum absolute atomic E-state index is 13.5. The minimum absolute atomic E-state index is 0.121. The van der Waals surface area contributed by atoms with Gasteiger partial charge in [0.05, 0.1) is 25.4 Å². The molecular formula is C68H127NO10. The number of carbonyl (C=O) groups excluding carboxylic acids is 2. The monoisotopic (exact) mass is 1120 g/mol. The van der Waals surface area contributed by atoms with Gasteiger partial charge in [0.25, 0.3) is 0 Å². The molecule has 1 amide bonds. The van der Waals surface area contributed by atoms with E-state index in [0.29, 0.717) is 19.3 Å². The summed E-state index contributed by atoms with van der Waals surface area (Å²) < 4.78 is 17.7. The third kappa shape index (κ3) is 44.1. The van der Waals surface area contributed by atoms with Gasteiger partial charge >= 0.3 is 5.97 Å². The number of nitrogens with one attached hydrogen (secondary N) is 1. The van der Waals surface area contributed by atoms with Crippen LogP contribution in [0.4, 0.5) is 0 Å². The molecule has 0 bridgehead atoms. The van der Waals surface area contributed by atoms with Crippen molar-refractivity contribution in [1.29, 1.82) is 0 Å². The van der Waals surface area contributed by atoms with Crippen molar-refractivity contribution in [2.24, 2.45) is 0 Å². The molecule has 0 aromatic rings. The highest BCUT2D eigenvalue weighted by atomic mass is 16.7. The molecule has 1 aliphatic rings. The van der Waals surface area contributed by atoms with Crippen LogP contribution >= 0.6 is 0 Å². The Morgan fingerprint density at radius 1 is 0.481 bits per heavy atom. The second kappa shape index (κ2) is 56.4. The van der Waals surface area contributed by atoms with Gasteiger partial charge in [-0.05, 0) is 77.0 Å². The molecule has 464 valence electrons. The Morgan fingerprint density at radius 2 is 0.835 bits per heavy atom. The van der Waals surface area contributed by atoms with Crippen LogP contribution < -0.4 is 5.32 Å². The zero-order chi connectivity index (χ0) is 57.5. The summed E-state index contributed by atoms with van der Waals surface area (Å²) in [4.78, 5) is 26.6. The molecule has 1 fully saturated rings. The van der Waals surface area contributed by atoms with Gasteiger partial charge in [-0.25, -0.2) is 0 Å². The Labute approximate surface area is 485 Å². The Morgan fingerprint density at radius 3 is 1.23 bits per heavy atom. The summed E-state index contributed by atoms with van der Waals surface area (Å²) in [6.07, 6.45) is 57.5. The van der Waals surface area contributed by atoms with Crippen LogP contribution in [0.1, 0.15) is 323 Å². The number of allylic oxidation sites excluding steroid dienone is 5. The van der Waals surface area contributed by atoms with E-state index >= 15 is 0 Å². The second-order valence-corrected chi connectivity index (χ2v) is 23.6. The molecule has 1 heterocycles. The lowest BCUT2D eigenvalue weighted by Crippen LogP contribution is -2.61. The van der Waals surface area contributed by atoms with Gasteiger partial charge < -0.3 is 45.1 Å². The number of esters is 1. The molecule has 0 saturated carbocycles. The van der Waals surface area contributed by atoms with E-state index in [-0.39, 0.29) is 13.0 Å². The van der Waals surface area contributed by atoms with Crippen LogP contribution in [0.3, 0.4) is 0 Å². The molecule has 11 nitrogen and oxygen atoms in total. The number of aliphatic hydroxyl groups excluding tert-OH is 5. The summed E-state index contributed by atoms with van der Waals surface area (Å²) in [5.41, 5.74) is 0. The van der Waals surface area contributed by atoms with E-state index in [2.05, 4.69) is 50.4 Å². The van der Waals surface area contributed by atoms with E-state index < -0.39 is 67.4 Å². The summed E-state index contributed by atoms with van der Waals surface area (Å²) in [6, 6.07) is -1.02. The van der Waals surface area contributed by atoms with Crippen molar-refractivity contribution >= 4 is 11.9 Å². The first-order chi connectivity index (χ1) is 38.7. The standard InChI is InChI=1S/C68H127NO10/c1-4-7-10-13-16-19-22-25-27-29-30-31-33-34-37-40-43-46-49-52-55-61(72)67(76)69-59(60(71)54-51-48-45-42-39-36-24-21-18-15-12-9-6-3)58-77-68-66(65(75)64(74)62(57-70)78-68)79-63(73)56-53-50-47-44-41-38-35-32-28-26-23-20-17-14-11-8-5-2/h25-28,51,54,59-62,64-66,68,70-72,74-75H,4-24,29-50,52-53,55-58H2,1-3H3,(H,69,76)/b27-25+,28-26+,54-51+. The minimum Gasteiger partial charge on any atom is -0.454 e. The third-order valence-corrected chi connectivity index (χ3v) is 16.0. The van der Waals surface area contributed by atoms with Gasteiger partial charge in [-0.1, -0.05) is 276 Å². The van der Waals surface area contributed by atoms with Gasteiger partial charge in [0.15, 0.2) is 12.4 Å². The second-order valence-electron chi connectivity index (χ2n) is 23.6. The highest BCUT2D eigenvalue weighted by Gasteiger charge is 2.47. The molecule has 1 saturated heterocycles. The first-order valence-electron chi connectivity index (χ1n) is 33.8. The number of amides is 1. The van der Waals surface area contributed by atoms with Gasteiger partial charge in [0, 0.05) is 6.42 Å². The highest BCUT2D eigenvalue weighted by Crippen LogP contribution is 2.26. The molecule has 1 rings (SSSR count). The lowest BCUT2D eigenvalue weighted by Gasteiger charge is -2.41. The number of hydrogen-bond acceptors (Lipinski definition) is 10. The van der Waals surface area contributed by atoms with Gasteiger partial charge in [0.2, 0.25) is 5.91 Å². The third-order valence-electron chi connectivity index (χ3n) is 16.0. The van der Waals surface area contributed by atoms with Crippen molar-refractivity contribution in [2.45, 2.75) is 372 Å². The smallest absolute Gasteiger partial charge is 0.306 e. The lowest BCUT2D eigenvalue weighted by atomic mass is 9.99. The summed E-state index contributed by atoms with van der Waals surface area (Å²) in [5, 5.41) is 57.1. The lowest BCUT2D eigenvalue weighted by molar-refractivity contribution is -0.305. The predicted molar refractivity (Wildman–Crippen MR) is 329 cm³/mol. The van der Waals surface area contributed by atoms with Crippen LogP contribution in [0.15, 0.2) is 36.5 Å². The molecule has 8 atom stereocenters. The molecule has 8 unspecified atom stereocenters. The summed E-state index contributed by atoms with van der Waals surface area (Å²) in [5.74, 6) is -1.19. The van der Waals surface area contributed by atoms with Crippen molar-refractivity contribution in [3.8, 4) is 0 Å².